The number of nitrogens with zero attached hydrogens (tertiary/aromatic N) is 2. The molecule has 1 amide bonds. The minimum Gasteiger partial charge on any atom is -0.345 e. The SMILES string of the molecule is C#CCNC(=O)CCn1c(-c2cccc(C)c2)n[nH]c1=S. The van der Waals surface area contributed by atoms with Gasteiger partial charge in [0.1, 0.15) is 0 Å². The summed E-state index contributed by atoms with van der Waals surface area (Å²) in [7, 11) is 0. The molecular formula is C15H16N4OS. The molecule has 1 aromatic carbocycles. The van der Waals surface area contributed by atoms with Crippen LogP contribution in [-0.2, 0) is 11.3 Å². The fourth-order valence-electron chi connectivity index (χ4n) is 1.98. The van der Waals surface area contributed by atoms with E-state index >= 15 is 0 Å². The minimum atomic E-state index is -0.105. The fraction of sp³-hybridized carbons (Fsp3) is 0.267. The van der Waals surface area contributed by atoms with E-state index in [4.69, 9.17) is 18.6 Å². The third-order valence-electron chi connectivity index (χ3n) is 2.98. The van der Waals surface area contributed by atoms with Gasteiger partial charge in [0.2, 0.25) is 5.91 Å². The van der Waals surface area contributed by atoms with Crippen LogP contribution in [0, 0.1) is 24.0 Å². The van der Waals surface area contributed by atoms with Gasteiger partial charge >= 0.3 is 0 Å². The molecule has 5 nitrogen and oxygen atoms in total. The first-order chi connectivity index (χ1) is 10.1. The van der Waals surface area contributed by atoms with E-state index in [9.17, 15) is 4.79 Å². The van der Waals surface area contributed by atoms with E-state index in [0.717, 1.165) is 17.0 Å². The van der Waals surface area contributed by atoms with Gasteiger partial charge in [0.25, 0.3) is 0 Å². The number of carbonyl (C=O) groups is 1. The van der Waals surface area contributed by atoms with Gasteiger partial charge in [-0.3, -0.25) is 14.5 Å². The van der Waals surface area contributed by atoms with E-state index in [1.54, 1.807) is 0 Å². The van der Waals surface area contributed by atoms with Crippen LogP contribution in [0.25, 0.3) is 11.4 Å². The monoisotopic (exact) mass is 300 g/mol. The second kappa shape index (κ2) is 6.86. The first-order valence-corrected chi connectivity index (χ1v) is 6.95. The van der Waals surface area contributed by atoms with Crippen molar-refractivity contribution in [3.8, 4) is 23.7 Å². The molecule has 0 fully saturated rings. The number of benzene rings is 1. The second-order valence-electron chi connectivity index (χ2n) is 4.60. The number of aromatic nitrogens is 3. The zero-order valence-corrected chi connectivity index (χ0v) is 12.5. The molecule has 0 bridgehead atoms. The van der Waals surface area contributed by atoms with Gasteiger partial charge in [0.05, 0.1) is 6.54 Å². The maximum Gasteiger partial charge on any atom is 0.222 e. The predicted octanol–water partition coefficient (Wildman–Crippen LogP) is 2.06. The van der Waals surface area contributed by atoms with Crippen LogP contribution in [0.2, 0.25) is 0 Å². The summed E-state index contributed by atoms with van der Waals surface area (Å²) in [6.45, 7) is 2.71. The van der Waals surface area contributed by atoms with Crippen LogP contribution in [0.1, 0.15) is 12.0 Å². The Labute approximate surface area is 128 Å². The van der Waals surface area contributed by atoms with E-state index in [2.05, 4.69) is 21.4 Å². The number of hydrogen-bond acceptors (Lipinski definition) is 3. The molecule has 0 spiro atoms. The highest BCUT2D eigenvalue weighted by Gasteiger charge is 2.10. The molecule has 0 radical (unpaired) electrons. The molecule has 21 heavy (non-hydrogen) atoms. The van der Waals surface area contributed by atoms with Crippen molar-refractivity contribution < 1.29 is 4.79 Å². The number of carbonyl (C=O) groups excluding carboxylic acids is 1. The van der Waals surface area contributed by atoms with Gasteiger partial charge in [-0.25, -0.2) is 0 Å². The summed E-state index contributed by atoms with van der Waals surface area (Å²) in [6, 6.07) is 7.97. The zero-order chi connectivity index (χ0) is 15.2. The van der Waals surface area contributed by atoms with E-state index in [0.29, 0.717) is 17.7 Å². The summed E-state index contributed by atoms with van der Waals surface area (Å²) < 4.78 is 2.32. The predicted molar refractivity (Wildman–Crippen MR) is 84.0 cm³/mol. The van der Waals surface area contributed by atoms with Gasteiger partial charge in [-0.05, 0) is 25.2 Å². The van der Waals surface area contributed by atoms with Gasteiger partial charge in [0, 0.05) is 18.5 Å². The standard InChI is InChI=1S/C15H16N4OS/c1-3-8-16-13(20)7-9-19-14(17-18-15(19)21)12-6-4-5-11(2)10-12/h1,4-6,10H,7-9H2,2H3,(H,16,20)(H,18,21). The maximum atomic E-state index is 11.6. The van der Waals surface area contributed by atoms with Gasteiger partial charge < -0.3 is 5.32 Å². The smallest absolute Gasteiger partial charge is 0.222 e. The molecule has 2 rings (SSSR count). The number of nitrogens with one attached hydrogen (secondary N) is 2. The fourth-order valence-corrected chi connectivity index (χ4v) is 2.20. The van der Waals surface area contributed by atoms with Crippen molar-refractivity contribution in [2.24, 2.45) is 0 Å². The highest BCUT2D eigenvalue weighted by molar-refractivity contribution is 7.71. The van der Waals surface area contributed by atoms with E-state index in [-0.39, 0.29) is 12.5 Å². The number of H-pyrrole nitrogens is 1. The van der Waals surface area contributed by atoms with Crippen LogP contribution in [0.15, 0.2) is 24.3 Å². The number of rotatable bonds is 5. The summed E-state index contributed by atoms with van der Waals surface area (Å²) in [6.07, 6.45) is 5.40. The Kier molecular flexibility index (Phi) is 4.90. The van der Waals surface area contributed by atoms with Gasteiger partial charge in [-0.1, -0.05) is 29.7 Å². The molecule has 108 valence electrons. The zero-order valence-electron chi connectivity index (χ0n) is 11.7. The molecule has 0 aliphatic carbocycles. The Morgan fingerprint density at radius 3 is 3.10 bits per heavy atom. The van der Waals surface area contributed by atoms with E-state index in [1.807, 2.05) is 35.8 Å². The lowest BCUT2D eigenvalue weighted by atomic mass is 10.1. The summed E-state index contributed by atoms with van der Waals surface area (Å²) >= 11 is 5.23. The first kappa shape index (κ1) is 15.0. The Hall–Kier alpha value is -2.39. The van der Waals surface area contributed by atoms with E-state index in [1.165, 1.54) is 0 Å². The third kappa shape index (κ3) is 3.80. The topological polar surface area (TPSA) is 62.7 Å². The van der Waals surface area contributed by atoms with Crippen molar-refractivity contribution in [2.75, 3.05) is 6.54 Å². The molecule has 1 heterocycles. The van der Waals surface area contributed by atoms with Crippen LogP contribution in [0.3, 0.4) is 0 Å². The number of amides is 1. The molecule has 0 saturated heterocycles. The summed E-state index contributed by atoms with van der Waals surface area (Å²) in [5.74, 6) is 2.99. The first-order valence-electron chi connectivity index (χ1n) is 6.54. The van der Waals surface area contributed by atoms with Crippen LogP contribution < -0.4 is 5.32 Å². The number of hydrogen-bond donors (Lipinski definition) is 2. The van der Waals surface area contributed by atoms with Crippen molar-refractivity contribution in [1.29, 1.82) is 0 Å². The summed E-state index contributed by atoms with van der Waals surface area (Å²) in [5, 5.41) is 9.65. The average molecular weight is 300 g/mol. The van der Waals surface area contributed by atoms with Crippen molar-refractivity contribution >= 4 is 18.1 Å². The largest absolute Gasteiger partial charge is 0.345 e. The summed E-state index contributed by atoms with van der Waals surface area (Å²) in [4.78, 5) is 11.6. The number of aryl methyl sites for hydroxylation is 1. The molecular weight excluding hydrogens is 284 g/mol. The molecule has 1 aromatic heterocycles. The molecule has 0 saturated carbocycles. The molecule has 0 aliphatic rings. The van der Waals surface area contributed by atoms with Crippen molar-refractivity contribution in [1.82, 2.24) is 20.1 Å². The molecule has 0 atom stereocenters. The van der Waals surface area contributed by atoms with Crippen LogP contribution in [-0.4, -0.2) is 27.2 Å². The summed E-state index contributed by atoms with van der Waals surface area (Å²) in [5.41, 5.74) is 2.10. The van der Waals surface area contributed by atoms with Crippen LogP contribution >= 0.6 is 12.2 Å². The highest BCUT2D eigenvalue weighted by Crippen LogP contribution is 2.18. The molecule has 6 heteroatoms. The molecule has 0 aliphatic heterocycles. The lowest BCUT2D eigenvalue weighted by Crippen LogP contribution is -2.24. The molecule has 2 aromatic rings. The minimum absolute atomic E-state index is 0.105. The number of aromatic amines is 1. The second-order valence-corrected chi connectivity index (χ2v) is 4.99. The molecule has 0 unspecified atom stereocenters. The number of terminal acetylenes is 1. The van der Waals surface area contributed by atoms with Crippen LogP contribution in [0.4, 0.5) is 0 Å². The quantitative estimate of drug-likeness (QED) is 0.656. The Bertz CT molecular complexity index is 739. The van der Waals surface area contributed by atoms with Gasteiger partial charge in [-0.2, -0.15) is 5.10 Å². The van der Waals surface area contributed by atoms with Crippen molar-refractivity contribution in [2.45, 2.75) is 19.9 Å². The van der Waals surface area contributed by atoms with Crippen molar-refractivity contribution in [3.63, 3.8) is 0 Å². The maximum absolute atomic E-state index is 11.6. The van der Waals surface area contributed by atoms with E-state index < -0.39 is 0 Å². The lowest BCUT2D eigenvalue weighted by molar-refractivity contribution is -0.121. The average Bonchev–Trinajstić information content (AvgIpc) is 2.84. The highest BCUT2D eigenvalue weighted by atomic mass is 32.1. The molecule has 2 N–H and O–H groups in total. The van der Waals surface area contributed by atoms with Gasteiger partial charge in [-0.15, -0.1) is 6.42 Å². The Balaban J connectivity index is 2.18. The van der Waals surface area contributed by atoms with Crippen molar-refractivity contribution in [3.05, 3.63) is 34.6 Å². The lowest BCUT2D eigenvalue weighted by Gasteiger charge is -2.07. The normalized spacial score (nSPS) is 10.1. The van der Waals surface area contributed by atoms with Gasteiger partial charge in [0.15, 0.2) is 10.6 Å². The van der Waals surface area contributed by atoms with Crippen LogP contribution in [0.5, 0.6) is 0 Å². The Morgan fingerprint density at radius 1 is 1.57 bits per heavy atom. The third-order valence-corrected chi connectivity index (χ3v) is 3.30. The Morgan fingerprint density at radius 2 is 2.38 bits per heavy atom.